The van der Waals surface area contributed by atoms with Crippen molar-refractivity contribution in [1.82, 2.24) is 14.5 Å². The summed E-state index contributed by atoms with van der Waals surface area (Å²) in [7, 11) is -3.97. The summed E-state index contributed by atoms with van der Waals surface area (Å²) in [4.78, 5) is 33.3. The molecule has 0 amide bonds. The summed E-state index contributed by atoms with van der Waals surface area (Å²) in [5.74, 6) is -1.25. The topological polar surface area (TPSA) is 125 Å². The summed E-state index contributed by atoms with van der Waals surface area (Å²) in [6.45, 7) is 3.95. The molecule has 4 aromatic rings. The van der Waals surface area contributed by atoms with Crippen molar-refractivity contribution in [3.8, 4) is 5.69 Å². The molecular formula is C23H21ClN4O5S2. The fourth-order valence-electron chi connectivity index (χ4n) is 4.37. The van der Waals surface area contributed by atoms with E-state index in [1.807, 2.05) is 13.0 Å². The van der Waals surface area contributed by atoms with Crippen LogP contribution in [0.2, 0.25) is 5.02 Å². The van der Waals surface area contributed by atoms with Gasteiger partial charge < -0.3 is 10.1 Å². The predicted molar refractivity (Wildman–Crippen MR) is 135 cm³/mol. The van der Waals surface area contributed by atoms with Gasteiger partial charge in [-0.25, -0.2) is 27.6 Å². The highest BCUT2D eigenvalue weighted by Crippen LogP contribution is 2.37. The van der Waals surface area contributed by atoms with Crippen LogP contribution >= 0.6 is 22.9 Å². The van der Waals surface area contributed by atoms with E-state index in [4.69, 9.17) is 11.6 Å². The molecule has 1 aliphatic heterocycles. The van der Waals surface area contributed by atoms with Crippen molar-refractivity contribution < 1.29 is 18.3 Å². The van der Waals surface area contributed by atoms with E-state index in [1.165, 1.54) is 28.6 Å². The predicted octanol–water partition coefficient (Wildman–Crippen LogP) is 4.28. The molecule has 9 nitrogen and oxygen atoms in total. The molecule has 4 heterocycles. The first-order valence-electron chi connectivity index (χ1n) is 10.9. The van der Waals surface area contributed by atoms with Gasteiger partial charge in [0.15, 0.2) is 11.3 Å². The van der Waals surface area contributed by atoms with Gasteiger partial charge in [0.2, 0.25) is 0 Å². The number of sulfonamides is 1. The van der Waals surface area contributed by atoms with Crippen LogP contribution in [0.4, 0.5) is 5.69 Å². The number of hydrogen-bond acceptors (Lipinski definition) is 6. The number of fused-ring (bicyclic) bond motifs is 2. The van der Waals surface area contributed by atoms with Crippen molar-refractivity contribution in [3.63, 3.8) is 0 Å². The molecule has 0 unspecified atom stereocenters. The number of aromatic carboxylic acids is 1. The number of thiophene rings is 1. The van der Waals surface area contributed by atoms with E-state index in [9.17, 15) is 23.1 Å². The molecule has 1 aromatic carbocycles. The van der Waals surface area contributed by atoms with E-state index in [2.05, 4.69) is 9.97 Å². The first kappa shape index (κ1) is 23.6. The van der Waals surface area contributed by atoms with Crippen LogP contribution in [-0.4, -0.2) is 40.6 Å². The first-order valence-corrected chi connectivity index (χ1v) is 13.5. The minimum Gasteiger partial charge on any atom is -0.477 e. The van der Waals surface area contributed by atoms with Crippen LogP contribution in [-0.2, 0) is 16.4 Å². The maximum absolute atomic E-state index is 13.8. The Balaban J connectivity index is 1.70. The second-order valence-electron chi connectivity index (χ2n) is 8.41. The highest BCUT2D eigenvalue weighted by molar-refractivity contribution is 7.92. The van der Waals surface area contributed by atoms with Crippen LogP contribution in [0.25, 0.3) is 16.9 Å². The zero-order valence-electron chi connectivity index (χ0n) is 18.8. The molecule has 12 heteroatoms. The van der Waals surface area contributed by atoms with Gasteiger partial charge in [-0.05, 0) is 69.0 Å². The molecule has 0 atom stereocenters. The number of aromatic nitrogens is 3. The number of nitrogens with zero attached hydrogens (tertiary/aromatic N) is 3. The number of hydrogen-bond donors (Lipinski definition) is 2. The van der Waals surface area contributed by atoms with Crippen LogP contribution in [0, 0.1) is 13.8 Å². The molecule has 0 fully saturated rings. The second-order valence-corrected chi connectivity index (χ2v) is 12.0. The number of nitrogens with one attached hydrogen (secondary N) is 1. The molecule has 5 rings (SSSR count). The van der Waals surface area contributed by atoms with Crippen molar-refractivity contribution in [1.29, 1.82) is 0 Å². The molecule has 35 heavy (non-hydrogen) atoms. The summed E-state index contributed by atoms with van der Waals surface area (Å²) in [5.41, 5.74) is 0.828. The number of imidazole rings is 1. The highest BCUT2D eigenvalue weighted by atomic mass is 35.5. The summed E-state index contributed by atoms with van der Waals surface area (Å²) < 4.78 is 30.1. The van der Waals surface area contributed by atoms with E-state index in [0.29, 0.717) is 23.3 Å². The van der Waals surface area contributed by atoms with Gasteiger partial charge in [0.05, 0.1) is 26.8 Å². The number of aromatic amines is 1. The van der Waals surface area contributed by atoms with E-state index < -0.39 is 21.7 Å². The lowest BCUT2D eigenvalue weighted by Crippen LogP contribution is -2.31. The third kappa shape index (κ3) is 3.93. The molecule has 182 valence electrons. The molecule has 1 aliphatic rings. The Morgan fingerprint density at radius 1 is 1.17 bits per heavy atom. The lowest BCUT2D eigenvalue weighted by atomic mass is 10.2. The summed E-state index contributed by atoms with van der Waals surface area (Å²) >= 11 is 8.02. The van der Waals surface area contributed by atoms with E-state index in [0.717, 1.165) is 33.6 Å². The summed E-state index contributed by atoms with van der Waals surface area (Å²) in [6, 6.07) is 7.41. The largest absolute Gasteiger partial charge is 0.477 e. The fourth-order valence-corrected chi connectivity index (χ4v) is 7.25. The van der Waals surface area contributed by atoms with Gasteiger partial charge in [-0.3, -0.25) is 4.31 Å². The maximum Gasteiger partial charge on any atom is 0.354 e. The number of pyridine rings is 1. The minimum absolute atomic E-state index is 0.0269. The van der Waals surface area contributed by atoms with Crippen LogP contribution in [0.3, 0.4) is 0 Å². The Morgan fingerprint density at radius 3 is 2.69 bits per heavy atom. The van der Waals surface area contributed by atoms with E-state index >= 15 is 0 Å². The SMILES string of the molecule is Cc1cc2c(s1)CCCCN2S(=O)(=O)c1ccc(Cl)c(-n2c(=O)[nH]c3c(C)cc(C(=O)O)nc32)c1. The molecule has 3 aromatic heterocycles. The lowest BCUT2D eigenvalue weighted by molar-refractivity contribution is 0.0690. The number of anilines is 1. The maximum atomic E-state index is 13.8. The summed E-state index contributed by atoms with van der Waals surface area (Å²) in [6.07, 6.45) is 2.45. The number of benzene rings is 1. The van der Waals surface area contributed by atoms with Gasteiger partial charge >= 0.3 is 11.7 Å². The van der Waals surface area contributed by atoms with Gasteiger partial charge in [0, 0.05) is 16.3 Å². The molecule has 0 aliphatic carbocycles. The van der Waals surface area contributed by atoms with Crippen LogP contribution in [0.15, 0.2) is 40.0 Å². The van der Waals surface area contributed by atoms with Crippen LogP contribution in [0.1, 0.15) is 38.6 Å². The quantitative estimate of drug-likeness (QED) is 0.404. The van der Waals surface area contributed by atoms with Crippen molar-refractivity contribution in [2.24, 2.45) is 0 Å². The first-order chi connectivity index (χ1) is 16.6. The Kier molecular flexibility index (Phi) is 5.73. The Morgan fingerprint density at radius 2 is 1.94 bits per heavy atom. The van der Waals surface area contributed by atoms with Gasteiger partial charge in [-0.15, -0.1) is 11.3 Å². The van der Waals surface area contributed by atoms with Crippen molar-refractivity contribution in [2.45, 2.75) is 38.0 Å². The molecule has 0 bridgehead atoms. The number of rotatable bonds is 4. The third-order valence-electron chi connectivity index (χ3n) is 6.00. The van der Waals surface area contributed by atoms with Gasteiger partial charge in [-0.2, -0.15) is 0 Å². The van der Waals surface area contributed by atoms with E-state index in [1.54, 1.807) is 18.3 Å². The normalized spacial score (nSPS) is 14.2. The zero-order chi connectivity index (χ0) is 25.1. The molecular weight excluding hydrogens is 512 g/mol. The average molecular weight is 533 g/mol. The molecule has 0 radical (unpaired) electrons. The van der Waals surface area contributed by atoms with Crippen LogP contribution < -0.4 is 9.99 Å². The fraction of sp³-hybridized carbons (Fsp3) is 0.261. The Hall–Kier alpha value is -3.15. The number of carboxylic acid groups (broad SMARTS) is 1. The van der Waals surface area contributed by atoms with Crippen molar-refractivity contribution in [3.05, 3.63) is 66.9 Å². The second kappa shape index (κ2) is 8.51. The Bertz CT molecular complexity index is 1670. The van der Waals surface area contributed by atoms with Gasteiger partial charge in [-0.1, -0.05) is 11.6 Å². The van der Waals surface area contributed by atoms with E-state index in [-0.39, 0.29) is 26.9 Å². The average Bonchev–Trinajstić information content (AvgIpc) is 3.25. The smallest absolute Gasteiger partial charge is 0.354 e. The standard InChI is InChI=1S/C23H21ClN4O5S2/c1-12-9-16(22(29)30)25-21-20(12)26-23(31)28(21)17-11-14(6-7-15(17)24)35(32,33)27-8-4-3-5-19-18(27)10-13(2)34-19/h6-7,9-11H,3-5,8H2,1-2H3,(H,26,31)(H,29,30). The number of halogens is 1. The number of carboxylic acids is 1. The zero-order valence-corrected chi connectivity index (χ0v) is 21.2. The number of H-pyrrole nitrogens is 1. The highest BCUT2D eigenvalue weighted by Gasteiger charge is 2.30. The molecule has 2 N–H and O–H groups in total. The van der Waals surface area contributed by atoms with Crippen LogP contribution in [0.5, 0.6) is 0 Å². The lowest BCUT2D eigenvalue weighted by Gasteiger charge is -2.23. The number of carbonyl (C=O) groups is 1. The van der Waals surface area contributed by atoms with Crippen molar-refractivity contribution in [2.75, 3.05) is 10.8 Å². The number of aryl methyl sites for hydroxylation is 3. The molecule has 0 saturated carbocycles. The molecule has 0 saturated heterocycles. The summed E-state index contributed by atoms with van der Waals surface area (Å²) in [5, 5.41) is 9.54. The third-order valence-corrected chi connectivity index (χ3v) is 9.23. The van der Waals surface area contributed by atoms with Crippen molar-refractivity contribution >= 4 is 55.8 Å². The monoisotopic (exact) mass is 532 g/mol. The Labute approximate surface area is 209 Å². The van der Waals surface area contributed by atoms with Gasteiger partial charge in [0.1, 0.15) is 0 Å². The minimum atomic E-state index is -3.97. The molecule has 0 spiro atoms. The van der Waals surface area contributed by atoms with Gasteiger partial charge in [0.25, 0.3) is 10.0 Å².